The molecule has 1 aliphatic rings. The summed E-state index contributed by atoms with van der Waals surface area (Å²) in [5.74, 6) is 1.83. The van der Waals surface area contributed by atoms with Crippen LogP contribution in [0.15, 0.2) is 10.9 Å². The van der Waals surface area contributed by atoms with Crippen LogP contribution in [0.3, 0.4) is 0 Å². The van der Waals surface area contributed by atoms with Gasteiger partial charge in [-0.05, 0) is 13.8 Å². The van der Waals surface area contributed by atoms with Gasteiger partial charge in [-0.3, -0.25) is 9.69 Å². The maximum absolute atomic E-state index is 11.7. The summed E-state index contributed by atoms with van der Waals surface area (Å²) in [6.07, 6.45) is 0. The molecule has 5 nitrogen and oxygen atoms in total. The minimum Gasteiger partial charge on any atom is -0.354 e. The van der Waals surface area contributed by atoms with E-state index in [1.807, 2.05) is 13.8 Å². The number of rotatable bonds is 3. The standard InChI is InChI=1S/C14H24N4O/c1-10(2)14-15-12(9-13(19)16-14)18-7-5-17(6-8-18)11(3)4/h9-11H,5-8H2,1-4H3,(H,15,16,19). The summed E-state index contributed by atoms with van der Waals surface area (Å²) < 4.78 is 0. The first kappa shape index (κ1) is 14.1. The molecule has 0 unspecified atom stereocenters. The first-order chi connectivity index (χ1) is 8.97. The second-order valence-corrected chi connectivity index (χ2v) is 5.76. The highest BCUT2D eigenvalue weighted by molar-refractivity contribution is 5.38. The third kappa shape index (κ3) is 3.35. The maximum atomic E-state index is 11.7. The van der Waals surface area contributed by atoms with Crippen molar-refractivity contribution in [3.63, 3.8) is 0 Å². The number of aromatic amines is 1. The predicted molar refractivity (Wildman–Crippen MR) is 77.9 cm³/mol. The lowest BCUT2D eigenvalue weighted by atomic mass is 10.2. The Morgan fingerprint density at radius 1 is 1.16 bits per heavy atom. The van der Waals surface area contributed by atoms with Crippen molar-refractivity contribution in [3.8, 4) is 0 Å². The molecule has 1 aromatic rings. The van der Waals surface area contributed by atoms with Gasteiger partial charge in [0.05, 0.1) is 0 Å². The van der Waals surface area contributed by atoms with Gasteiger partial charge in [-0.2, -0.15) is 0 Å². The fourth-order valence-corrected chi connectivity index (χ4v) is 2.37. The van der Waals surface area contributed by atoms with Gasteiger partial charge in [-0.25, -0.2) is 4.98 Å². The molecule has 0 radical (unpaired) electrons. The zero-order valence-electron chi connectivity index (χ0n) is 12.3. The van der Waals surface area contributed by atoms with Crippen LogP contribution in [-0.4, -0.2) is 47.1 Å². The molecule has 0 amide bonds. The average molecular weight is 264 g/mol. The SMILES string of the molecule is CC(C)c1nc(N2CCN(C(C)C)CC2)cc(=O)[nH]1. The van der Waals surface area contributed by atoms with Gasteiger partial charge in [-0.15, -0.1) is 0 Å². The second kappa shape index (κ2) is 5.74. The molecule has 0 bridgehead atoms. The number of nitrogens with zero attached hydrogens (tertiary/aromatic N) is 3. The van der Waals surface area contributed by atoms with E-state index < -0.39 is 0 Å². The van der Waals surface area contributed by atoms with Gasteiger partial charge in [-0.1, -0.05) is 13.8 Å². The van der Waals surface area contributed by atoms with Crippen LogP contribution < -0.4 is 10.5 Å². The summed E-state index contributed by atoms with van der Waals surface area (Å²) >= 11 is 0. The number of piperazine rings is 1. The molecule has 1 saturated heterocycles. The molecule has 1 N–H and O–H groups in total. The van der Waals surface area contributed by atoms with Crippen LogP contribution in [0.4, 0.5) is 5.82 Å². The van der Waals surface area contributed by atoms with Gasteiger partial charge in [0, 0.05) is 44.2 Å². The lowest BCUT2D eigenvalue weighted by Gasteiger charge is -2.37. The molecule has 0 saturated carbocycles. The van der Waals surface area contributed by atoms with E-state index in [2.05, 4.69) is 33.6 Å². The van der Waals surface area contributed by atoms with E-state index in [0.717, 1.165) is 37.8 Å². The van der Waals surface area contributed by atoms with Gasteiger partial charge in [0.1, 0.15) is 11.6 Å². The summed E-state index contributed by atoms with van der Waals surface area (Å²) in [6.45, 7) is 12.5. The van der Waals surface area contributed by atoms with Crippen molar-refractivity contribution in [3.05, 3.63) is 22.2 Å². The lowest BCUT2D eigenvalue weighted by molar-refractivity contribution is 0.209. The van der Waals surface area contributed by atoms with E-state index in [4.69, 9.17) is 0 Å². The van der Waals surface area contributed by atoms with Gasteiger partial charge >= 0.3 is 0 Å². The molecule has 0 aromatic carbocycles. The van der Waals surface area contributed by atoms with Crippen LogP contribution in [0.2, 0.25) is 0 Å². The number of hydrogen-bond acceptors (Lipinski definition) is 4. The van der Waals surface area contributed by atoms with Gasteiger partial charge in [0.25, 0.3) is 5.56 Å². The van der Waals surface area contributed by atoms with Crippen molar-refractivity contribution in [2.24, 2.45) is 0 Å². The molecule has 106 valence electrons. The molecule has 2 heterocycles. The molecular weight excluding hydrogens is 240 g/mol. The van der Waals surface area contributed by atoms with Crippen LogP contribution in [-0.2, 0) is 0 Å². The highest BCUT2D eigenvalue weighted by Crippen LogP contribution is 2.15. The molecular formula is C14H24N4O. The van der Waals surface area contributed by atoms with Crippen LogP contribution in [0, 0.1) is 0 Å². The summed E-state index contributed by atoms with van der Waals surface area (Å²) in [7, 11) is 0. The zero-order valence-corrected chi connectivity index (χ0v) is 12.3. The van der Waals surface area contributed by atoms with E-state index in [0.29, 0.717) is 6.04 Å². The molecule has 2 rings (SSSR count). The minimum atomic E-state index is -0.0556. The highest BCUT2D eigenvalue weighted by Gasteiger charge is 2.20. The van der Waals surface area contributed by atoms with Crippen molar-refractivity contribution >= 4 is 5.82 Å². The Bertz CT molecular complexity index is 473. The van der Waals surface area contributed by atoms with Crippen LogP contribution in [0.1, 0.15) is 39.4 Å². The Balaban J connectivity index is 2.13. The van der Waals surface area contributed by atoms with Crippen LogP contribution in [0.5, 0.6) is 0 Å². The summed E-state index contributed by atoms with van der Waals surface area (Å²) in [5, 5.41) is 0. The molecule has 0 atom stereocenters. The predicted octanol–water partition coefficient (Wildman–Crippen LogP) is 1.42. The maximum Gasteiger partial charge on any atom is 0.252 e. The smallest absolute Gasteiger partial charge is 0.252 e. The molecule has 0 spiro atoms. The fraction of sp³-hybridized carbons (Fsp3) is 0.714. The fourth-order valence-electron chi connectivity index (χ4n) is 2.37. The first-order valence-corrected chi connectivity index (χ1v) is 7.07. The zero-order chi connectivity index (χ0) is 14.0. The summed E-state index contributed by atoms with van der Waals surface area (Å²) in [4.78, 5) is 23.7. The van der Waals surface area contributed by atoms with Crippen molar-refractivity contribution in [1.82, 2.24) is 14.9 Å². The van der Waals surface area contributed by atoms with Gasteiger partial charge in [0.15, 0.2) is 0 Å². The van der Waals surface area contributed by atoms with Crippen molar-refractivity contribution in [2.75, 3.05) is 31.1 Å². The second-order valence-electron chi connectivity index (χ2n) is 5.76. The Hall–Kier alpha value is -1.36. The van der Waals surface area contributed by atoms with Crippen molar-refractivity contribution < 1.29 is 0 Å². The van der Waals surface area contributed by atoms with E-state index in [-0.39, 0.29) is 11.5 Å². The average Bonchev–Trinajstić information content (AvgIpc) is 2.38. The molecule has 1 fully saturated rings. The molecule has 19 heavy (non-hydrogen) atoms. The molecule has 1 aliphatic heterocycles. The molecule has 0 aliphatic carbocycles. The minimum absolute atomic E-state index is 0.0556. The van der Waals surface area contributed by atoms with Crippen LogP contribution >= 0.6 is 0 Å². The largest absolute Gasteiger partial charge is 0.354 e. The van der Waals surface area contributed by atoms with Gasteiger partial charge < -0.3 is 9.88 Å². The van der Waals surface area contributed by atoms with Crippen LogP contribution in [0.25, 0.3) is 0 Å². The highest BCUT2D eigenvalue weighted by atomic mass is 16.1. The normalized spacial score (nSPS) is 17.5. The molecule has 5 heteroatoms. The lowest BCUT2D eigenvalue weighted by Crippen LogP contribution is -2.49. The van der Waals surface area contributed by atoms with Crippen molar-refractivity contribution in [1.29, 1.82) is 0 Å². The molecule has 1 aromatic heterocycles. The van der Waals surface area contributed by atoms with E-state index in [9.17, 15) is 4.79 Å². The first-order valence-electron chi connectivity index (χ1n) is 7.07. The Morgan fingerprint density at radius 3 is 2.32 bits per heavy atom. The summed E-state index contributed by atoms with van der Waals surface area (Å²) in [5.41, 5.74) is -0.0556. The number of anilines is 1. The quantitative estimate of drug-likeness (QED) is 0.897. The monoisotopic (exact) mass is 264 g/mol. The Kier molecular flexibility index (Phi) is 4.24. The number of aromatic nitrogens is 2. The van der Waals surface area contributed by atoms with E-state index >= 15 is 0 Å². The number of nitrogens with one attached hydrogen (secondary N) is 1. The van der Waals surface area contributed by atoms with Gasteiger partial charge in [0.2, 0.25) is 0 Å². The van der Waals surface area contributed by atoms with E-state index in [1.54, 1.807) is 6.07 Å². The Labute approximate surface area is 114 Å². The third-order valence-corrected chi connectivity index (χ3v) is 3.66. The topological polar surface area (TPSA) is 52.2 Å². The number of H-pyrrole nitrogens is 1. The third-order valence-electron chi connectivity index (χ3n) is 3.66. The van der Waals surface area contributed by atoms with E-state index in [1.165, 1.54) is 0 Å². The number of hydrogen-bond donors (Lipinski definition) is 1. The van der Waals surface area contributed by atoms with Crippen molar-refractivity contribution in [2.45, 2.75) is 39.7 Å². The summed E-state index contributed by atoms with van der Waals surface area (Å²) in [6, 6.07) is 2.19. The Morgan fingerprint density at radius 2 is 1.79 bits per heavy atom.